The van der Waals surface area contributed by atoms with E-state index in [1.165, 1.54) is 0 Å². The Morgan fingerprint density at radius 2 is 1.84 bits per heavy atom. The quantitative estimate of drug-likeness (QED) is 0.893. The van der Waals surface area contributed by atoms with Crippen LogP contribution in [0.4, 0.5) is 0 Å². The zero-order valence-corrected chi connectivity index (χ0v) is 11.5. The Morgan fingerprint density at radius 1 is 1.21 bits per heavy atom. The molecule has 1 atom stereocenters. The van der Waals surface area contributed by atoms with E-state index >= 15 is 0 Å². The van der Waals surface area contributed by atoms with Crippen molar-refractivity contribution in [2.75, 3.05) is 14.2 Å². The first-order chi connectivity index (χ1) is 9.19. The predicted octanol–water partition coefficient (Wildman–Crippen LogP) is 1.97. The minimum absolute atomic E-state index is 0.307. The summed E-state index contributed by atoms with van der Waals surface area (Å²) in [7, 11) is 3.24. The Bertz CT molecular complexity index is 529. The van der Waals surface area contributed by atoms with E-state index in [1.54, 1.807) is 20.4 Å². The molecule has 2 rings (SSSR count). The number of hydrogen-bond acceptors (Lipinski definition) is 4. The Balaban J connectivity index is 2.40. The molecule has 102 valence electrons. The predicted molar refractivity (Wildman–Crippen MR) is 73.5 cm³/mol. The zero-order chi connectivity index (χ0) is 13.8. The van der Waals surface area contributed by atoms with E-state index in [0.29, 0.717) is 0 Å². The van der Waals surface area contributed by atoms with Crippen LogP contribution < -0.4 is 15.2 Å². The molecule has 1 heterocycles. The topological polar surface area (TPSA) is 62.3 Å². The Morgan fingerprint density at radius 3 is 2.37 bits per heavy atom. The SMILES string of the molecule is CCn1ccnc1C(N)c1cc(OC)cc(OC)c1. The van der Waals surface area contributed by atoms with Crippen LogP contribution in [-0.4, -0.2) is 23.8 Å². The molecular weight excluding hydrogens is 242 g/mol. The normalized spacial score (nSPS) is 12.2. The number of benzene rings is 1. The van der Waals surface area contributed by atoms with E-state index in [2.05, 4.69) is 11.9 Å². The summed E-state index contributed by atoms with van der Waals surface area (Å²) in [6, 6.07) is 5.32. The molecule has 5 nitrogen and oxygen atoms in total. The number of aromatic nitrogens is 2. The number of nitrogens with two attached hydrogens (primary N) is 1. The van der Waals surface area contributed by atoms with Gasteiger partial charge in [0.2, 0.25) is 0 Å². The molecule has 0 aliphatic heterocycles. The number of nitrogens with zero attached hydrogens (tertiary/aromatic N) is 2. The first-order valence-electron chi connectivity index (χ1n) is 6.19. The van der Waals surface area contributed by atoms with E-state index in [9.17, 15) is 0 Å². The van der Waals surface area contributed by atoms with Crippen LogP contribution in [0.25, 0.3) is 0 Å². The molecule has 0 aliphatic rings. The van der Waals surface area contributed by atoms with Crippen LogP contribution in [0.5, 0.6) is 11.5 Å². The van der Waals surface area contributed by atoms with Crippen molar-refractivity contribution in [3.05, 3.63) is 42.0 Å². The summed E-state index contributed by atoms with van der Waals surface area (Å²) in [5, 5.41) is 0. The molecule has 0 saturated carbocycles. The van der Waals surface area contributed by atoms with Crippen LogP contribution >= 0.6 is 0 Å². The zero-order valence-electron chi connectivity index (χ0n) is 11.5. The van der Waals surface area contributed by atoms with E-state index in [0.717, 1.165) is 29.4 Å². The molecule has 0 saturated heterocycles. The lowest BCUT2D eigenvalue weighted by Crippen LogP contribution is -2.17. The standard InChI is InChI=1S/C14H19N3O2/c1-4-17-6-5-16-14(17)13(15)10-7-11(18-2)9-12(8-10)19-3/h5-9,13H,4,15H2,1-3H3. The molecule has 0 bridgehead atoms. The summed E-state index contributed by atoms with van der Waals surface area (Å²) in [6.07, 6.45) is 3.68. The van der Waals surface area contributed by atoms with Crippen molar-refractivity contribution in [3.8, 4) is 11.5 Å². The van der Waals surface area contributed by atoms with Crippen molar-refractivity contribution >= 4 is 0 Å². The van der Waals surface area contributed by atoms with E-state index in [4.69, 9.17) is 15.2 Å². The maximum Gasteiger partial charge on any atom is 0.130 e. The van der Waals surface area contributed by atoms with Gasteiger partial charge in [-0.25, -0.2) is 4.98 Å². The first-order valence-corrected chi connectivity index (χ1v) is 6.19. The van der Waals surface area contributed by atoms with Gasteiger partial charge in [0.25, 0.3) is 0 Å². The van der Waals surface area contributed by atoms with Gasteiger partial charge in [-0.3, -0.25) is 0 Å². The maximum atomic E-state index is 6.29. The van der Waals surface area contributed by atoms with Crippen LogP contribution in [0.15, 0.2) is 30.6 Å². The summed E-state index contributed by atoms with van der Waals surface area (Å²) in [4.78, 5) is 4.33. The average molecular weight is 261 g/mol. The molecule has 2 N–H and O–H groups in total. The van der Waals surface area contributed by atoms with Gasteiger partial charge in [0.15, 0.2) is 0 Å². The highest BCUT2D eigenvalue weighted by Crippen LogP contribution is 2.28. The molecule has 1 unspecified atom stereocenters. The average Bonchev–Trinajstić information content (AvgIpc) is 2.94. The second-order valence-electron chi connectivity index (χ2n) is 4.20. The number of hydrogen-bond donors (Lipinski definition) is 1. The minimum Gasteiger partial charge on any atom is -0.497 e. The van der Waals surface area contributed by atoms with Crippen LogP contribution in [0.2, 0.25) is 0 Å². The summed E-state index contributed by atoms with van der Waals surface area (Å²) in [6.45, 7) is 2.90. The molecule has 1 aromatic heterocycles. The van der Waals surface area contributed by atoms with Gasteiger partial charge in [-0.1, -0.05) is 0 Å². The lowest BCUT2D eigenvalue weighted by Gasteiger charge is -2.15. The van der Waals surface area contributed by atoms with Crippen LogP contribution in [0, 0.1) is 0 Å². The van der Waals surface area contributed by atoms with Gasteiger partial charge in [-0.15, -0.1) is 0 Å². The van der Waals surface area contributed by atoms with Gasteiger partial charge in [0, 0.05) is 25.0 Å². The number of rotatable bonds is 5. The summed E-state index contributed by atoms with van der Waals surface area (Å²) < 4.78 is 12.5. The lowest BCUT2D eigenvalue weighted by molar-refractivity contribution is 0.393. The third-order valence-corrected chi connectivity index (χ3v) is 3.10. The fraction of sp³-hybridized carbons (Fsp3) is 0.357. The molecule has 1 aromatic carbocycles. The number of imidazole rings is 1. The van der Waals surface area contributed by atoms with Gasteiger partial charge in [0.1, 0.15) is 17.3 Å². The van der Waals surface area contributed by atoms with Gasteiger partial charge in [-0.2, -0.15) is 0 Å². The van der Waals surface area contributed by atoms with Gasteiger partial charge >= 0.3 is 0 Å². The largest absolute Gasteiger partial charge is 0.497 e. The number of ether oxygens (including phenoxy) is 2. The van der Waals surface area contributed by atoms with Crippen LogP contribution in [-0.2, 0) is 6.54 Å². The number of aryl methyl sites for hydroxylation is 1. The molecule has 0 aliphatic carbocycles. The molecular formula is C14H19N3O2. The molecule has 0 fully saturated rings. The van der Waals surface area contributed by atoms with Crippen molar-refractivity contribution < 1.29 is 9.47 Å². The summed E-state index contributed by atoms with van der Waals surface area (Å²) in [5.41, 5.74) is 7.20. The molecule has 2 aromatic rings. The van der Waals surface area contributed by atoms with Crippen LogP contribution in [0.1, 0.15) is 24.4 Å². The third kappa shape index (κ3) is 2.71. The first kappa shape index (κ1) is 13.4. The van der Waals surface area contributed by atoms with Crippen molar-refractivity contribution in [3.63, 3.8) is 0 Å². The molecule has 0 radical (unpaired) electrons. The van der Waals surface area contributed by atoms with E-state index in [1.807, 2.05) is 29.0 Å². The minimum atomic E-state index is -0.307. The second kappa shape index (κ2) is 5.75. The Kier molecular flexibility index (Phi) is 4.06. The van der Waals surface area contributed by atoms with E-state index < -0.39 is 0 Å². The highest BCUT2D eigenvalue weighted by atomic mass is 16.5. The van der Waals surface area contributed by atoms with Crippen molar-refractivity contribution in [2.45, 2.75) is 19.5 Å². The monoisotopic (exact) mass is 261 g/mol. The Hall–Kier alpha value is -2.01. The van der Waals surface area contributed by atoms with Gasteiger partial charge in [-0.05, 0) is 24.6 Å². The van der Waals surface area contributed by atoms with Crippen molar-refractivity contribution in [1.82, 2.24) is 9.55 Å². The third-order valence-electron chi connectivity index (χ3n) is 3.10. The lowest BCUT2D eigenvalue weighted by atomic mass is 10.1. The second-order valence-corrected chi connectivity index (χ2v) is 4.20. The van der Waals surface area contributed by atoms with Crippen molar-refractivity contribution in [1.29, 1.82) is 0 Å². The van der Waals surface area contributed by atoms with Gasteiger partial charge in [0.05, 0.1) is 20.3 Å². The van der Waals surface area contributed by atoms with Crippen LogP contribution in [0.3, 0.4) is 0 Å². The highest BCUT2D eigenvalue weighted by molar-refractivity contribution is 5.41. The fourth-order valence-corrected chi connectivity index (χ4v) is 2.03. The summed E-state index contributed by atoms with van der Waals surface area (Å²) in [5.74, 6) is 2.27. The van der Waals surface area contributed by atoms with Crippen molar-refractivity contribution in [2.24, 2.45) is 5.73 Å². The van der Waals surface area contributed by atoms with E-state index in [-0.39, 0.29) is 6.04 Å². The smallest absolute Gasteiger partial charge is 0.130 e. The molecule has 0 amide bonds. The molecule has 0 spiro atoms. The summed E-state index contributed by atoms with van der Waals surface area (Å²) >= 11 is 0. The fourth-order valence-electron chi connectivity index (χ4n) is 2.03. The van der Waals surface area contributed by atoms with Gasteiger partial charge < -0.3 is 19.8 Å². The highest BCUT2D eigenvalue weighted by Gasteiger charge is 2.16. The maximum absolute atomic E-state index is 6.29. The number of methoxy groups -OCH3 is 2. The molecule has 19 heavy (non-hydrogen) atoms. The Labute approximate surface area is 113 Å². The molecule has 5 heteroatoms.